The highest BCUT2D eigenvalue weighted by Crippen LogP contribution is 2.18. The Labute approximate surface area is 140 Å². The van der Waals surface area contributed by atoms with Gasteiger partial charge in [0.15, 0.2) is 12.7 Å². The van der Waals surface area contributed by atoms with Gasteiger partial charge in [0, 0.05) is 0 Å². The molecule has 6 nitrogen and oxygen atoms in total. The minimum atomic E-state index is -0.907. The molecule has 6 heteroatoms. The van der Waals surface area contributed by atoms with E-state index in [-0.39, 0.29) is 13.2 Å². The molecule has 0 aliphatic heterocycles. The van der Waals surface area contributed by atoms with Crippen LogP contribution in [0, 0.1) is 13.8 Å². The molecule has 1 aromatic heterocycles. The predicted molar refractivity (Wildman–Crippen MR) is 87.5 cm³/mol. The predicted octanol–water partition coefficient (Wildman–Crippen LogP) is 2.52. The molecule has 1 amide bonds. The average Bonchev–Trinajstić information content (AvgIpc) is 3.05. The Hall–Kier alpha value is -2.76. The van der Waals surface area contributed by atoms with Gasteiger partial charge in [-0.2, -0.15) is 0 Å². The third kappa shape index (κ3) is 5.15. The lowest BCUT2D eigenvalue weighted by Gasteiger charge is -2.14. The molecule has 1 N–H and O–H groups in total. The number of nitrogens with one attached hydrogen (secondary N) is 1. The standard InChI is InChI=1S/C18H21NO5/c1-12-6-7-16(13(2)9-12)23-11-17(20)24-14(3)18(21)19-10-15-5-4-8-22-15/h4-9,14H,10-11H2,1-3H3,(H,19,21)/t14-/m1/s1. The number of benzene rings is 1. The number of carbonyl (C=O) groups excluding carboxylic acids is 2. The molecule has 0 saturated carbocycles. The van der Waals surface area contributed by atoms with Crippen LogP contribution in [0.5, 0.6) is 5.75 Å². The van der Waals surface area contributed by atoms with E-state index in [1.807, 2.05) is 26.0 Å². The molecule has 0 spiro atoms. The zero-order valence-electron chi connectivity index (χ0n) is 14.0. The van der Waals surface area contributed by atoms with E-state index in [4.69, 9.17) is 13.9 Å². The summed E-state index contributed by atoms with van der Waals surface area (Å²) >= 11 is 0. The first kappa shape index (κ1) is 17.6. The zero-order valence-corrected chi connectivity index (χ0v) is 14.0. The van der Waals surface area contributed by atoms with E-state index < -0.39 is 18.0 Å². The number of aryl methyl sites for hydroxylation is 2. The highest BCUT2D eigenvalue weighted by molar-refractivity contribution is 5.83. The summed E-state index contributed by atoms with van der Waals surface area (Å²) in [7, 11) is 0. The summed E-state index contributed by atoms with van der Waals surface area (Å²) in [5.41, 5.74) is 2.05. The van der Waals surface area contributed by atoms with Gasteiger partial charge in [-0.3, -0.25) is 4.79 Å². The molecule has 24 heavy (non-hydrogen) atoms. The molecule has 0 fully saturated rings. The number of esters is 1. The molecule has 0 bridgehead atoms. The molecule has 1 aromatic carbocycles. The SMILES string of the molecule is Cc1ccc(OCC(=O)O[C@H](C)C(=O)NCc2ccco2)c(C)c1. The maximum Gasteiger partial charge on any atom is 0.344 e. The molecule has 0 radical (unpaired) electrons. The van der Waals surface area contributed by atoms with Crippen molar-refractivity contribution in [3.8, 4) is 5.75 Å². The van der Waals surface area contributed by atoms with Crippen LogP contribution < -0.4 is 10.1 Å². The van der Waals surface area contributed by atoms with Gasteiger partial charge >= 0.3 is 5.97 Å². The highest BCUT2D eigenvalue weighted by Gasteiger charge is 2.18. The number of furan rings is 1. The molecule has 128 valence electrons. The topological polar surface area (TPSA) is 77.8 Å². The van der Waals surface area contributed by atoms with E-state index in [0.29, 0.717) is 11.5 Å². The molecular formula is C18H21NO5. The Kier molecular flexibility index (Phi) is 6.01. The van der Waals surface area contributed by atoms with E-state index in [9.17, 15) is 9.59 Å². The summed E-state index contributed by atoms with van der Waals surface area (Å²) in [6.45, 7) is 5.38. The van der Waals surface area contributed by atoms with Gasteiger partial charge in [-0.05, 0) is 44.5 Å². The molecule has 2 aromatic rings. The number of amides is 1. The van der Waals surface area contributed by atoms with Gasteiger partial charge in [0.2, 0.25) is 0 Å². The van der Waals surface area contributed by atoms with Crippen LogP contribution in [0.4, 0.5) is 0 Å². The van der Waals surface area contributed by atoms with Crippen LogP contribution in [0.15, 0.2) is 41.0 Å². The molecular weight excluding hydrogens is 310 g/mol. The summed E-state index contributed by atoms with van der Waals surface area (Å²) in [6, 6.07) is 9.14. The Balaban J connectivity index is 1.75. The van der Waals surface area contributed by atoms with E-state index in [1.54, 1.807) is 18.2 Å². The van der Waals surface area contributed by atoms with Gasteiger partial charge in [-0.25, -0.2) is 4.79 Å². The zero-order chi connectivity index (χ0) is 17.5. The molecule has 1 heterocycles. The quantitative estimate of drug-likeness (QED) is 0.789. The molecule has 0 saturated heterocycles. The third-order valence-corrected chi connectivity index (χ3v) is 3.37. The summed E-state index contributed by atoms with van der Waals surface area (Å²) in [5, 5.41) is 2.63. The fraction of sp³-hybridized carbons (Fsp3) is 0.333. The van der Waals surface area contributed by atoms with Gasteiger partial charge in [-0.15, -0.1) is 0 Å². The summed E-state index contributed by atoms with van der Waals surface area (Å²) in [5.74, 6) is 0.245. The summed E-state index contributed by atoms with van der Waals surface area (Å²) in [6.07, 6.45) is 0.616. The Morgan fingerprint density at radius 3 is 2.71 bits per heavy atom. The molecule has 2 rings (SSSR count). The molecule has 0 aliphatic carbocycles. The number of hydrogen-bond donors (Lipinski definition) is 1. The lowest BCUT2D eigenvalue weighted by atomic mass is 10.1. The van der Waals surface area contributed by atoms with Crippen molar-refractivity contribution in [2.75, 3.05) is 6.61 Å². The Bertz CT molecular complexity index is 693. The second-order valence-corrected chi connectivity index (χ2v) is 5.49. The van der Waals surface area contributed by atoms with E-state index >= 15 is 0 Å². The van der Waals surface area contributed by atoms with Crippen molar-refractivity contribution in [3.63, 3.8) is 0 Å². The van der Waals surface area contributed by atoms with Crippen molar-refractivity contribution < 1.29 is 23.5 Å². The Morgan fingerprint density at radius 1 is 1.25 bits per heavy atom. The second kappa shape index (κ2) is 8.19. The van der Waals surface area contributed by atoms with Crippen LogP contribution in [0.2, 0.25) is 0 Å². The van der Waals surface area contributed by atoms with Gasteiger partial charge < -0.3 is 19.2 Å². The van der Waals surface area contributed by atoms with E-state index in [0.717, 1.165) is 11.1 Å². The van der Waals surface area contributed by atoms with Crippen molar-refractivity contribution in [1.82, 2.24) is 5.32 Å². The van der Waals surface area contributed by atoms with Crippen LogP contribution in [-0.4, -0.2) is 24.6 Å². The van der Waals surface area contributed by atoms with Crippen LogP contribution in [-0.2, 0) is 20.9 Å². The lowest BCUT2D eigenvalue weighted by Crippen LogP contribution is -2.36. The van der Waals surface area contributed by atoms with Crippen LogP contribution in [0.25, 0.3) is 0 Å². The number of rotatable bonds is 7. The number of hydrogen-bond acceptors (Lipinski definition) is 5. The van der Waals surface area contributed by atoms with Crippen LogP contribution in [0.3, 0.4) is 0 Å². The van der Waals surface area contributed by atoms with Crippen molar-refractivity contribution in [3.05, 3.63) is 53.5 Å². The number of carbonyl (C=O) groups is 2. The third-order valence-electron chi connectivity index (χ3n) is 3.37. The molecule has 0 unspecified atom stereocenters. The van der Waals surface area contributed by atoms with Crippen molar-refractivity contribution in [2.24, 2.45) is 0 Å². The average molecular weight is 331 g/mol. The smallest absolute Gasteiger partial charge is 0.344 e. The fourth-order valence-electron chi connectivity index (χ4n) is 2.11. The number of ether oxygens (including phenoxy) is 2. The molecule has 1 atom stereocenters. The first-order chi connectivity index (χ1) is 11.5. The van der Waals surface area contributed by atoms with Crippen LogP contribution in [0.1, 0.15) is 23.8 Å². The normalized spacial score (nSPS) is 11.6. The van der Waals surface area contributed by atoms with Crippen LogP contribution >= 0.6 is 0 Å². The first-order valence-corrected chi connectivity index (χ1v) is 7.65. The monoisotopic (exact) mass is 331 g/mol. The first-order valence-electron chi connectivity index (χ1n) is 7.65. The van der Waals surface area contributed by atoms with Crippen molar-refractivity contribution in [2.45, 2.75) is 33.4 Å². The van der Waals surface area contributed by atoms with Crippen molar-refractivity contribution >= 4 is 11.9 Å². The second-order valence-electron chi connectivity index (χ2n) is 5.49. The maximum absolute atomic E-state index is 11.9. The molecule has 0 aliphatic rings. The summed E-state index contributed by atoms with van der Waals surface area (Å²) < 4.78 is 15.6. The Morgan fingerprint density at radius 2 is 2.04 bits per heavy atom. The van der Waals surface area contributed by atoms with Gasteiger partial charge in [0.05, 0.1) is 12.8 Å². The fourth-order valence-corrected chi connectivity index (χ4v) is 2.11. The highest BCUT2D eigenvalue weighted by atomic mass is 16.6. The van der Waals surface area contributed by atoms with Gasteiger partial charge in [-0.1, -0.05) is 17.7 Å². The minimum Gasteiger partial charge on any atom is -0.482 e. The lowest BCUT2D eigenvalue weighted by molar-refractivity contribution is -0.156. The van der Waals surface area contributed by atoms with Crippen molar-refractivity contribution in [1.29, 1.82) is 0 Å². The van der Waals surface area contributed by atoms with Gasteiger partial charge in [0.25, 0.3) is 5.91 Å². The maximum atomic E-state index is 11.9. The van der Waals surface area contributed by atoms with Gasteiger partial charge in [0.1, 0.15) is 11.5 Å². The van der Waals surface area contributed by atoms with E-state index in [2.05, 4.69) is 5.32 Å². The largest absolute Gasteiger partial charge is 0.482 e. The minimum absolute atomic E-state index is 0.243. The van der Waals surface area contributed by atoms with E-state index in [1.165, 1.54) is 13.2 Å². The summed E-state index contributed by atoms with van der Waals surface area (Å²) in [4.78, 5) is 23.7.